The maximum absolute atomic E-state index is 10.5. The predicted molar refractivity (Wildman–Crippen MR) is 123 cm³/mol. The molecule has 7 heteroatoms. The third-order valence-electron chi connectivity index (χ3n) is 7.21. The molecule has 6 nitrogen and oxygen atoms in total. The number of fused-ring (bicyclic) bond motifs is 2. The minimum atomic E-state index is -0.245. The monoisotopic (exact) mass is 423 g/mol. The van der Waals surface area contributed by atoms with Gasteiger partial charge in [-0.15, -0.1) is 11.3 Å². The molecule has 1 aromatic carbocycles. The molecule has 3 N–H and O–H groups in total. The van der Waals surface area contributed by atoms with E-state index in [2.05, 4.69) is 44.4 Å². The van der Waals surface area contributed by atoms with E-state index in [1.54, 1.807) is 11.3 Å². The topological polar surface area (TPSA) is 83.0 Å². The third-order valence-corrected chi connectivity index (χ3v) is 8.26. The van der Waals surface area contributed by atoms with E-state index in [0.29, 0.717) is 11.9 Å². The zero-order valence-corrected chi connectivity index (χ0v) is 19.0. The molecule has 2 aliphatic rings. The zero-order valence-electron chi connectivity index (χ0n) is 18.2. The molecule has 0 saturated heterocycles. The minimum Gasteiger partial charge on any atom is -0.392 e. The Morgan fingerprint density at radius 2 is 1.93 bits per heavy atom. The van der Waals surface area contributed by atoms with Gasteiger partial charge in [0.15, 0.2) is 0 Å². The van der Waals surface area contributed by atoms with Crippen LogP contribution in [-0.2, 0) is 0 Å². The van der Waals surface area contributed by atoms with Crippen LogP contribution in [0.5, 0.6) is 0 Å². The second-order valence-corrected chi connectivity index (χ2v) is 10.5. The van der Waals surface area contributed by atoms with Crippen molar-refractivity contribution in [2.75, 3.05) is 10.6 Å². The summed E-state index contributed by atoms with van der Waals surface area (Å²) in [6.45, 7) is 10.6. The lowest BCUT2D eigenvalue weighted by molar-refractivity contribution is 0.172. The first-order chi connectivity index (χ1) is 14.2. The van der Waals surface area contributed by atoms with E-state index in [-0.39, 0.29) is 23.1 Å². The van der Waals surface area contributed by atoms with Crippen molar-refractivity contribution >= 4 is 33.3 Å². The summed E-state index contributed by atoms with van der Waals surface area (Å²) in [5.41, 5.74) is 2.49. The molecule has 0 bridgehead atoms. The first kappa shape index (κ1) is 19.7. The predicted octanol–water partition coefficient (Wildman–Crippen LogP) is 4.84. The average Bonchev–Trinajstić information content (AvgIpc) is 2.96. The Balaban J connectivity index is 1.63. The number of para-hydroxylation sites is 1. The Bertz CT molecular complexity index is 1090. The number of aryl methyl sites for hydroxylation is 1. The van der Waals surface area contributed by atoms with Crippen molar-refractivity contribution in [3.63, 3.8) is 0 Å². The van der Waals surface area contributed by atoms with Crippen LogP contribution in [-0.4, -0.2) is 37.7 Å². The number of anilines is 2. The number of aliphatic hydroxyl groups excluding tert-OH is 1. The summed E-state index contributed by atoms with van der Waals surface area (Å²) in [5, 5.41) is 18.6. The van der Waals surface area contributed by atoms with Crippen molar-refractivity contribution in [3.8, 4) is 10.6 Å². The van der Waals surface area contributed by atoms with Crippen molar-refractivity contribution in [1.82, 2.24) is 15.0 Å². The standard InChI is InChI=1S/C23H29N5OS/c1-12(2)24-21-25-13(3)17(20-26-15-8-6-7-9-16(15)30-20)19(27-21)28-22(4)11-10-14-18(29)23(14,22)5/h6-9,12,14,18,29H,10-11H2,1-5H3,(H2,24,25,27,28). The first-order valence-corrected chi connectivity index (χ1v) is 11.5. The lowest BCUT2D eigenvalue weighted by atomic mass is 9.84. The summed E-state index contributed by atoms with van der Waals surface area (Å²) in [6, 6.07) is 8.42. The van der Waals surface area contributed by atoms with Gasteiger partial charge < -0.3 is 15.7 Å². The summed E-state index contributed by atoms with van der Waals surface area (Å²) >= 11 is 1.67. The van der Waals surface area contributed by atoms with Crippen LogP contribution in [0, 0.1) is 18.3 Å². The van der Waals surface area contributed by atoms with Crippen molar-refractivity contribution < 1.29 is 5.11 Å². The fourth-order valence-corrected chi connectivity index (χ4v) is 6.23. The molecule has 3 aromatic rings. The highest BCUT2D eigenvalue weighted by Gasteiger charge is 2.73. The maximum atomic E-state index is 10.5. The summed E-state index contributed by atoms with van der Waals surface area (Å²) in [5.74, 6) is 1.79. The van der Waals surface area contributed by atoms with E-state index < -0.39 is 0 Å². The fourth-order valence-electron chi connectivity index (χ4n) is 5.16. The number of hydrogen-bond donors (Lipinski definition) is 3. The van der Waals surface area contributed by atoms with Crippen LogP contribution < -0.4 is 10.6 Å². The Labute approximate surface area is 181 Å². The molecule has 4 unspecified atom stereocenters. The van der Waals surface area contributed by atoms with Crippen molar-refractivity contribution in [2.45, 2.75) is 65.1 Å². The fraction of sp³-hybridized carbons (Fsp3) is 0.522. The number of benzene rings is 1. The molecule has 2 aromatic heterocycles. The maximum Gasteiger partial charge on any atom is 0.225 e. The number of nitrogens with one attached hydrogen (secondary N) is 2. The largest absolute Gasteiger partial charge is 0.392 e. The molecular formula is C23H29N5OS. The highest BCUT2D eigenvalue weighted by atomic mass is 32.1. The average molecular weight is 424 g/mol. The molecule has 2 aliphatic carbocycles. The number of nitrogens with zero attached hydrogens (tertiary/aromatic N) is 3. The van der Waals surface area contributed by atoms with Gasteiger partial charge in [-0.1, -0.05) is 19.1 Å². The number of aromatic nitrogens is 3. The van der Waals surface area contributed by atoms with Gasteiger partial charge in [0.25, 0.3) is 0 Å². The molecule has 2 fully saturated rings. The Hall–Kier alpha value is -2.25. The molecular weight excluding hydrogens is 394 g/mol. The highest BCUT2D eigenvalue weighted by molar-refractivity contribution is 7.21. The van der Waals surface area contributed by atoms with Crippen LogP contribution in [0.25, 0.3) is 20.8 Å². The van der Waals surface area contributed by atoms with Crippen LogP contribution in [0.15, 0.2) is 24.3 Å². The van der Waals surface area contributed by atoms with Crippen LogP contribution in [0.3, 0.4) is 0 Å². The van der Waals surface area contributed by atoms with Gasteiger partial charge >= 0.3 is 0 Å². The molecule has 158 valence electrons. The smallest absolute Gasteiger partial charge is 0.225 e. The summed E-state index contributed by atoms with van der Waals surface area (Å²) < 4.78 is 1.15. The summed E-state index contributed by atoms with van der Waals surface area (Å²) in [7, 11) is 0. The van der Waals surface area contributed by atoms with Crippen LogP contribution in [0.4, 0.5) is 11.8 Å². The highest BCUT2D eigenvalue weighted by Crippen LogP contribution is 2.68. The van der Waals surface area contributed by atoms with Gasteiger partial charge in [0.2, 0.25) is 5.95 Å². The number of aliphatic hydroxyl groups is 1. The van der Waals surface area contributed by atoms with E-state index >= 15 is 0 Å². The molecule has 2 saturated carbocycles. The van der Waals surface area contributed by atoms with Gasteiger partial charge in [-0.3, -0.25) is 0 Å². The van der Waals surface area contributed by atoms with Gasteiger partial charge in [-0.25, -0.2) is 9.97 Å². The van der Waals surface area contributed by atoms with Gasteiger partial charge in [0, 0.05) is 17.0 Å². The third kappa shape index (κ3) is 2.82. The van der Waals surface area contributed by atoms with E-state index in [4.69, 9.17) is 15.0 Å². The van der Waals surface area contributed by atoms with Gasteiger partial charge in [-0.2, -0.15) is 4.98 Å². The van der Waals surface area contributed by atoms with Crippen LogP contribution in [0.2, 0.25) is 0 Å². The first-order valence-electron chi connectivity index (χ1n) is 10.7. The lowest BCUT2D eigenvalue weighted by Gasteiger charge is -2.36. The van der Waals surface area contributed by atoms with E-state index in [0.717, 1.165) is 45.1 Å². The molecule has 30 heavy (non-hydrogen) atoms. The van der Waals surface area contributed by atoms with E-state index in [1.165, 1.54) is 0 Å². The Kier molecular flexibility index (Phi) is 4.35. The molecule has 2 heterocycles. The molecule has 0 amide bonds. The van der Waals surface area contributed by atoms with Crippen LogP contribution in [0.1, 0.15) is 46.2 Å². The van der Waals surface area contributed by atoms with Gasteiger partial charge in [-0.05, 0) is 58.6 Å². The molecule has 0 radical (unpaired) electrons. The SMILES string of the molecule is Cc1nc(NC(C)C)nc(NC2(C)CCC3C(O)C32C)c1-c1nc2ccccc2s1. The van der Waals surface area contributed by atoms with Crippen molar-refractivity contribution in [3.05, 3.63) is 30.0 Å². The van der Waals surface area contributed by atoms with Gasteiger partial charge in [0.1, 0.15) is 10.8 Å². The number of rotatable bonds is 5. The Morgan fingerprint density at radius 1 is 1.17 bits per heavy atom. The summed E-state index contributed by atoms with van der Waals surface area (Å²) in [4.78, 5) is 14.5. The molecule has 0 spiro atoms. The Morgan fingerprint density at radius 3 is 2.60 bits per heavy atom. The number of thiazole rings is 1. The zero-order chi connectivity index (χ0) is 21.3. The summed E-state index contributed by atoms with van der Waals surface area (Å²) in [6.07, 6.45) is 1.81. The molecule has 0 aliphatic heterocycles. The normalized spacial score (nSPS) is 30.0. The van der Waals surface area contributed by atoms with Crippen molar-refractivity contribution in [1.29, 1.82) is 0 Å². The van der Waals surface area contributed by atoms with E-state index in [1.807, 2.05) is 25.1 Å². The second-order valence-electron chi connectivity index (χ2n) is 9.47. The molecule has 5 rings (SSSR count). The molecule has 4 atom stereocenters. The number of hydrogen-bond acceptors (Lipinski definition) is 7. The van der Waals surface area contributed by atoms with Gasteiger partial charge in [0.05, 0.1) is 27.6 Å². The quantitative estimate of drug-likeness (QED) is 0.544. The second kappa shape index (κ2) is 6.62. The van der Waals surface area contributed by atoms with Crippen molar-refractivity contribution in [2.24, 2.45) is 11.3 Å². The minimum absolute atomic E-state index is 0.123. The van der Waals surface area contributed by atoms with Crippen LogP contribution >= 0.6 is 11.3 Å². The lowest BCUT2D eigenvalue weighted by Crippen LogP contribution is -2.43. The van der Waals surface area contributed by atoms with E-state index in [9.17, 15) is 5.11 Å².